The summed E-state index contributed by atoms with van der Waals surface area (Å²) in [6.45, 7) is 6.32. The van der Waals surface area contributed by atoms with Crippen LogP contribution in [-0.4, -0.2) is 49.3 Å². The molecule has 0 spiro atoms. The number of hydrogen-bond acceptors (Lipinski definition) is 7. The summed E-state index contributed by atoms with van der Waals surface area (Å²) in [7, 11) is 0. The zero-order chi connectivity index (χ0) is 22.4. The SMILES string of the molecule is CC(C)C[C@@H](NC1=NCC(C(N)=O)C(Nc2ccc(N3CCCCC3)cc2)=N1)C(N)=O. The van der Waals surface area contributed by atoms with Gasteiger partial charge in [0.25, 0.3) is 0 Å². The molecule has 1 saturated heterocycles. The quantitative estimate of drug-likeness (QED) is 0.522. The lowest BCUT2D eigenvalue weighted by atomic mass is 10.0. The third-order valence-corrected chi connectivity index (χ3v) is 5.54. The van der Waals surface area contributed by atoms with Crippen molar-refractivity contribution in [2.24, 2.45) is 33.3 Å². The Balaban J connectivity index is 1.73. The predicted octanol–water partition coefficient (Wildman–Crippen LogP) is 1.45. The summed E-state index contributed by atoms with van der Waals surface area (Å²) in [5, 5.41) is 6.21. The van der Waals surface area contributed by atoms with Crippen LogP contribution in [-0.2, 0) is 9.59 Å². The molecule has 0 bridgehead atoms. The Bertz CT molecular complexity index is 842. The Morgan fingerprint density at radius 2 is 1.81 bits per heavy atom. The molecule has 2 amide bonds. The van der Waals surface area contributed by atoms with Crippen LogP contribution in [0, 0.1) is 11.8 Å². The summed E-state index contributed by atoms with van der Waals surface area (Å²) >= 11 is 0. The smallest absolute Gasteiger partial charge is 0.240 e. The number of guanidine groups is 1. The van der Waals surface area contributed by atoms with Crippen LogP contribution in [0.4, 0.5) is 11.4 Å². The van der Waals surface area contributed by atoms with E-state index in [1.165, 1.54) is 24.9 Å². The van der Waals surface area contributed by atoms with Crippen molar-refractivity contribution in [2.75, 3.05) is 29.9 Å². The third-order valence-electron chi connectivity index (χ3n) is 5.54. The molecule has 0 saturated carbocycles. The van der Waals surface area contributed by atoms with Crippen molar-refractivity contribution in [3.05, 3.63) is 24.3 Å². The van der Waals surface area contributed by atoms with Gasteiger partial charge in [0.15, 0.2) is 0 Å². The van der Waals surface area contributed by atoms with E-state index in [2.05, 4.69) is 37.7 Å². The van der Waals surface area contributed by atoms with E-state index in [9.17, 15) is 9.59 Å². The monoisotopic (exact) mass is 427 g/mol. The third kappa shape index (κ3) is 6.19. The zero-order valence-electron chi connectivity index (χ0n) is 18.3. The van der Waals surface area contributed by atoms with Gasteiger partial charge in [0.1, 0.15) is 17.8 Å². The number of nitrogens with zero attached hydrogens (tertiary/aromatic N) is 3. The summed E-state index contributed by atoms with van der Waals surface area (Å²) in [6, 6.07) is 7.48. The predicted molar refractivity (Wildman–Crippen MR) is 124 cm³/mol. The summed E-state index contributed by atoms with van der Waals surface area (Å²) in [6.07, 6.45) is 4.28. The van der Waals surface area contributed by atoms with Gasteiger partial charge in [-0.05, 0) is 55.9 Å². The van der Waals surface area contributed by atoms with Gasteiger partial charge in [-0.1, -0.05) is 13.8 Å². The fourth-order valence-corrected chi connectivity index (χ4v) is 3.84. The van der Waals surface area contributed by atoms with Crippen molar-refractivity contribution < 1.29 is 9.59 Å². The highest BCUT2D eigenvalue weighted by Crippen LogP contribution is 2.22. The highest BCUT2D eigenvalue weighted by atomic mass is 16.1. The van der Waals surface area contributed by atoms with Crippen LogP contribution in [0.2, 0.25) is 0 Å². The molecule has 9 nitrogen and oxygen atoms in total. The number of piperidine rings is 1. The molecule has 2 heterocycles. The molecule has 0 aromatic heterocycles. The fraction of sp³-hybridized carbons (Fsp3) is 0.545. The normalized spacial score (nSPS) is 20.0. The van der Waals surface area contributed by atoms with Crippen LogP contribution >= 0.6 is 0 Å². The first-order valence-corrected chi connectivity index (χ1v) is 10.9. The van der Waals surface area contributed by atoms with Gasteiger partial charge in [-0.15, -0.1) is 0 Å². The zero-order valence-corrected chi connectivity index (χ0v) is 18.3. The van der Waals surface area contributed by atoms with Gasteiger partial charge in [0, 0.05) is 24.5 Å². The molecule has 3 rings (SSSR count). The van der Waals surface area contributed by atoms with Crippen LogP contribution in [0.15, 0.2) is 34.3 Å². The van der Waals surface area contributed by atoms with Crippen LogP contribution in [0.1, 0.15) is 39.5 Å². The molecule has 1 fully saturated rings. The number of carbonyl (C=O) groups excluding carboxylic acids is 2. The Hall–Kier alpha value is -3.10. The molecule has 0 radical (unpaired) electrons. The molecule has 31 heavy (non-hydrogen) atoms. The van der Waals surface area contributed by atoms with Crippen LogP contribution in [0.3, 0.4) is 0 Å². The molecule has 6 N–H and O–H groups in total. The summed E-state index contributed by atoms with van der Waals surface area (Å²) in [5.74, 6) is -0.686. The lowest BCUT2D eigenvalue weighted by Crippen LogP contribution is -2.48. The molecule has 1 aromatic rings. The maximum atomic E-state index is 11.9. The van der Waals surface area contributed by atoms with Crippen molar-refractivity contribution in [1.29, 1.82) is 0 Å². The number of benzene rings is 1. The number of amides is 2. The van der Waals surface area contributed by atoms with Gasteiger partial charge in [0.05, 0.1) is 6.54 Å². The molecule has 168 valence electrons. The molecule has 0 aliphatic carbocycles. The van der Waals surface area contributed by atoms with E-state index in [0.29, 0.717) is 12.3 Å². The first kappa shape index (κ1) is 22.6. The molecule has 1 unspecified atom stereocenters. The number of amidine groups is 1. The number of aliphatic imine (C=N–C) groups is 2. The average molecular weight is 428 g/mol. The van der Waals surface area contributed by atoms with Gasteiger partial charge >= 0.3 is 0 Å². The first-order chi connectivity index (χ1) is 14.8. The Kier molecular flexibility index (Phi) is 7.49. The molecule has 2 atom stereocenters. The summed E-state index contributed by atoms with van der Waals surface area (Å²) in [5.41, 5.74) is 13.1. The van der Waals surface area contributed by atoms with Gasteiger partial charge in [-0.25, -0.2) is 4.99 Å². The lowest BCUT2D eigenvalue weighted by Gasteiger charge is -2.29. The number of anilines is 2. The van der Waals surface area contributed by atoms with E-state index in [1.807, 2.05) is 26.0 Å². The summed E-state index contributed by atoms with van der Waals surface area (Å²) < 4.78 is 0. The number of carbonyl (C=O) groups is 2. The van der Waals surface area contributed by atoms with Crippen molar-refractivity contribution in [1.82, 2.24) is 5.32 Å². The number of nitrogens with one attached hydrogen (secondary N) is 2. The van der Waals surface area contributed by atoms with Gasteiger partial charge in [0.2, 0.25) is 17.8 Å². The van der Waals surface area contributed by atoms with Crippen molar-refractivity contribution in [3.8, 4) is 0 Å². The van der Waals surface area contributed by atoms with E-state index in [1.54, 1.807) is 0 Å². The second-order valence-electron chi connectivity index (χ2n) is 8.56. The second kappa shape index (κ2) is 10.3. The van der Waals surface area contributed by atoms with Crippen molar-refractivity contribution >= 4 is 35.0 Å². The number of rotatable bonds is 7. The van der Waals surface area contributed by atoms with Gasteiger partial charge < -0.3 is 27.0 Å². The van der Waals surface area contributed by atoms with Gasteiger partial charge in [-0.2, -0.15) is 4.99 Å². The lowest BCUT2D eigenvalue weighted by molar-refractivity contribution is -0.120. The van der Waals surface area contributed by atoms with Gasteiger partial charge in [-0.3, -0.25) is 9.59 Å². The fourth-order valence-electron chi connectivity index (χ4n) is 3.84. The minimum Gasteiger partial charge on any atom is -0.372 e. The molecule has 2 aliphatic rings. The highest BCUT2D eigenvalue weighted by Gasteiger charge is 2.28. The van der Waals surface area contributed by atoms with Crippen molar-refractivity contribution in [3.63, 3.8) is 0 Å². The van der Waals surface area contributed by atoms with E-state index in [-0.39, 0.29) is 18.4 Å². The minimum absolute atomic E-state index is 0.155. The first-order valence-electron chi connectivity index (χ1n) is 10.9. The highest BCUT2D eigenvalue weighted by molar-refractivity contribution is 6.14. The number of nitrogens with two attached hydrogens (primary N) is 2. The second-order valence-corrected chi connectivity index (χ2v) is 8.56. The maximum absolute atomic E-state index is 11.9. The maximum Gasteiger partial charge on any atom is 0.240 e. The van der Waals surface area contributed by atoms with Crippen LogP contribution in [0.5, 0.6) is 0 Å². The molecule has 9 heteroatoms. The average Bonchev–Trinajstić information content (AvgIpc) is 2.74. The Labute approximate surface area is 183 Å². The van der Waals surface area contributed by atoms with Crippen LogP contribution < -0.4 is 27.0 Å². The topological polar surface area (TPSA) is 138 Å². The molecular weight excluding hydrogens is 394 g/mol. The Morgan fingerprint density at radius 1 is 1.13 bits per heavy atom. The molecule has 1 aromatic carbocycles. The Morgan fingerprint density at radius 3 is 2.39 bits per heavy atom. The largest absolute Gasteiger partial charge is 0.372 e. The standard InChI is InChI=1S/C22H33N7O2/c1-14(2)12-18(20(24)31)27-22-25-13-17(19(23)30)21(28-22)26-15-6-8-16(9-7-15)29-10-4-3-5-11-29/h6-9,14,17-18H,3-5,10-13H2,1-2H3,(H2,23,30)(H2,24,31)(H2,25,26,27,28)/t17?,18-/m1/s1. The number of hydrogen-bond donors (Lipinski definition) is 4. The van der Waals surface area contributed by atoms with E-state index in [4.69, 9.17) is 11.5 Å². The minimum atomic E-state index is -0.663. The van der Waals surface area contributed by atoms with E-state index in [0.717, 1.165) is 18.8 Å². The van der Waals surface area contributed by atoms with E-state index >= 15 is 0 Å². The van der Waals surface area contributed by atoms with E-state index < -0.39 is 23.8 Å². The number of primary amides is 2. The van der Waals surface area contributed by atoms with Crippen LogP contribution in [0.25, 0.3) is 0 Å². The molecular formula is C22H33N7O2. The molecule has 2 aliphatic heterocycles. The van der Waals surface area contributed by atoms with Crippen molar-refractivity contribution in [2.45, 2.75) is 45.6 Å². The summed E-state index contributed by atoms with van der Waals surface area (Å²) in [4.78, 5) is 34.8.